The summed E-state index contributed by atoms with van der Waals surface area (Å²) in [5.41, 5.74) is 1.20. The third-order valence-corrected chi connectivity index (χ3v) is 2.57. The van der Waals surface area contributed by atoms with Crippen LogP contribution < -0.4 is 5.32 Å². The summed E-state index contributed by atoms with van der Waals surface area (Å²) in [6, 6.07) is 0. The number of halogens is 3. The molecule has 8 heteroatoms. The summed E-state index contributed by atoms with van der Waals surface area (Å²) in [6.07, 6.45) is -7.31. The van der Waals surface area contributed by atoms with Crippen molar-refractivity contribution in [1.29, 1.82) is 0 Å². The van der Waals surface area contributed by atoms with Gasteiger partial charge in [0.25, 0.3) is 5.91 Å². The lowest BCUT2D eigenvalue weighted by molar-refractivity contribution is -0.201. The number of alkyl halides is 3. The first-order chi connectivity index (χ1) is 8.14. The summed E-state index contributed by atoms with van der Waals surface area (Å²) >= 11 is 0. The zero-order valence-electron chi connectivity index (χ0n) is 10.2. The van der Waals surface area contributed by atoms with Crippen LogP contribution in [0.15, 0.2) is 0 Å². The summed E-state index contributed by atoms with van der Waals surface area (Å²) in [6.45, 7) is 2.34. The van der Waals surface area contributed by atoms with Gasteiger partial charge in [0.2, 0.25) is 0 Å². The van der Waals surface area contributed by atoms with Crippen LogP contribution in [0.1, 0.15) is 21.7 Å². The first kappa shape index (κ1) is 14.5. The number of nitrogens with zero attached hydrogens (tertiary/aromatic N) is 2. The summed E-state index contributed by atoms with van der Waals surface area (Å²) in [7, 11) is 1.63. The molecule has 1 unspecified atom stereocenters. The minimum atomic E-state index is -4.74. The molecule has 1 amide bonds. The molecule has 0 saturated heterocycles. The molecule has 102 valence electrons. The smallest absolute Gasteiger partial charge is 0.382 e. The Morgan fingerprint density at radius 3 is 2.44 bits per heavy atom. The number of carbonyl (C=O) groups excluding carboxylic acids is 1. The fourth-order valence-electron chi connectivity index (χ4n) is 1.50. The van der Waals surface area contributed by atoms with E-state index in [1.807, 2.05) is 5.32 Å². The van der Waals surface area contributed by atoms with E-state index < -0.39 is 24.7 Å². The van der Waals surface area contributed by atoms with E-state index in [4.69, 9.17) is 5.11 Å². The Balaban J connectivity index is 2.73. The predicted molar refractivity (Wildman–Crippen MR) is 57.1 cm³/mol. The standard InChI is InChI=1S/C10H14F3N3O2/c1-5-8(6(2)16(3)15-5)9(18)14-4-7(17)10(11,12)13/h7,17H,4H2,1-3H3,(H,14,18). The molecule has 0 bridgehead atoms. The maximum absolute atomic E-state index is 12.0. The second-order valence-electron chi connectivity index (χ2n) is 3.94. The van der Waals surface area contributed by atoms with Gasteiger partial charge < -0.3 is 10.4 Å². The lowest BCUT2D eigenvalue weighted by Gasteiger charge is -2.15. The number of rotatable bonds is 3. The van der Waals surface area contributed by atoms with Crippen molar-refractivity contribution in [2.75, 3.05) is 6.54 Å². The van der Waals surface area contributed by atoms with Crippen LogP contribution in [0.5, 0.6) is 0 Å². The summed E-state index contributed by atoms with van der Waals surface area (Å²) in [5.74, 6) is -0.679. The highest BCUT2D eigenvalue weighted by atomic mass is 19.4. The Morgan fingerprint density at radius 1 is 1.50 bits per heavy atom. The highest BCUT2D eigenvalue weighted by Crippen LogP contribution is 2.19. The SMILES string of the molecule is Cc1nn(C)c(C)c1C(=O)NCC(O)C(F)(F)F. The lowest BCUT2D eigenvalue weighted by atomic mass is 10.2. The van der Waals surface area contributed by atoms with Gasteiger partial charge in [0.05, 0.1) is 17.8 Å². The molecule has 1 rings (SSSR count). The van der Waals surface area contributed by atoms with E-state index in [2.05, 4.69) is 5.10 Å². The Kier molecular flexibility index (Phi) is 4.00. The molecule has 5 nitrogen and oxygen atoms in total. The van der Waals surface area contributed by atoms with Crippen molar-refractivity contribution < 1.29 is 23.1 Å². The largest absolute Gasteiger partial charge is 0.416 e. The van der Waals surface area contributed by atoms with Crippen molar-refractivity contribution >= 4 is 5.91 Å². The van der Waals surface area contributed by atoms with Crippen LogP contribution in [-0.2, 0) is 7.05 Å². The molecule has 2 N–H and O–H groups in total. The van der Waals surface area contributed by atoms with Gasteiger partial charge >= 0.3 is 6.18 Å². The van der Waals surface area contributed by atoms with Crippen LogP contribution in [0.25, 0.3) is 0 Å². The van der Waals surface area contributed by atoms with Crippen LogP contribution in [0.3, 0.4) is 0 Å². The van der Waals surface area contributed by atoms with Crippen LogP contribution >= 0.6 is 0 Å². The van der Waals surface area contributed by atoms with Gasteiger partial charge in [-0.15, -0.1) is 0 Å². The number of hydrogen-bond acceptors (Lipinski definition) is 3. The summed E-state index contributed by atoms with van der Waals surface area (Å²) < 4.78 is 37.6. The van der Waals surface area contributed by atoms with Crippen LogP contribution in [0, 0.1) is 13.8 Å². The quantitative estimate of drug-likeness (QED) is 0.845. The zero-order valence-corrected chi connectivity index (χ0v) is 10.2. The van der Waals surface area contributed by atoms with E-state index in [1.54, 1.807) is 20.9 Å². The first-order valence-corrected chi connectivity index (χ1v) is 5.17. The predicted octanol–water partition coefficient (Wildman–Crippen LogP) is 0.690. The van der Waals surface area contributed by atoms with Gasteiger partial charge in [-0.05, 0) is 13.8 Å². The molecule has 1 aromatic rings. The Hall–Kier alpha value is -1.57. The maximum atomic E-state index is 12.0. The number of aryl methyl sites for hydroxylation is 2. The van der Waals surface area contributed by atoms with Crippen molar-refractivity contribution in [2.24, 2.45) is 7.05 Å². The molecule has 0 saturated carbocycles. The molecule has 0 spiro atoms. The van der Waals surface area contributed by atoms with Crippen molar-refractivity contribution in [1.82, 2.24) is 15.1 Å². The number of carbonyl (C=O) groups is 1. The lowest BCUT2D eigenvalue weighted by Crippen LogP contribution is -2.40. The van der Waals surface area contributed by atoms with Crippen molar-refractivity contribution in [3.8, 4) is 0 Å². The minimum absolute atomic E-state index is 0.229. The van der Waals surface area contributed by atoms with E-state index in [9.17, 15) is 18.0 Å². The number of aliphatic hydroxyl groups excluding tert-OH is 1. The van der Waals surface area contributed by atoms with Crippen molar-refractivity contribution in [3.05, 3.63) is 17.0 Å². The molecular formula is C10H14F3N3O2. The van der Waals surface area contributed by atoms with Crippen LogP contribution in [-0.4, -0.2) is 39.6 Å². The molecule has 18 heavy (non-hydrogen) atoms. The van der Waals surface area contributed by atoms with Crippen LogP contribution in [0.2, 0.25) is 0 Å². The van der Waals surface area contributed by atoms with Gasteiger partial charge in [-0.25, -0.2) is 0 Å². The maximum Gasteiger partial charge on any atom is 0.416 e. The second kappa shape index (κ2) is 4.97. The molecule has 1 heterocycles. The number of amides is 1. The van der Waals surface area contributed by atoms with Crippen molar-refractivity contribution in [2.45, 2.75) is 26.1 Å². The first-order valence-electron chi connectivity index (χ1n) is 5.17. The van der Waals surface area contributed by atoms with E-state index in [0.717, 1.165) is 0 Å². The van der Waals surface area contributed by atoms with Gasteiger partial charge in [-0.1, -0.05) is 0 Å². The summed E-state index contributed by atoms with van der Waals surface area (Å²) in [5, 5.41) is 14.8. The van der Waals surface area contributed by atoms with Gasteiger partial charge in [0.15, 0.2) is 6.10 Å². The van der Waals surface area contributed by atoms with Gasteiger partial charge in [-0.3, -0.25) is 9.48 Å². The average molecular weight is 265 g/mol. The van der Waals surface area contributed by atoms with Gasteiger partial charge in [0, 0.05) is 12.7 Å². The van der Waals surface area contributed by atoms with Crippen LogP contribution in [0.4, 0.5) is 13.2 Å². The van der Waals surface area contributed by atoms with Gasteiger partial charge in [0.1, 0.15) is 0 Å². The minimum Gasteiger partial charge on any atom is -0.382 e. The fraction of sp³-hybridized carbons (Fsp3) is 0.600. The topological polar surface area (TPSA) is 67.2 Å². The summed E-state index contributed by atoms with van der Waals surface area (Å²) in [4.78, 5) is 11.7. The molecule has 0 aliphatic rings. The molecular weight excluding hydrogens is 251 g/mol. The molecule has 0 aromatic carbocycles. The second-order valence-corrected chi connectivity index (χ2v) is 3.94. The van der Waals surface area contributed by atoms with Gasteiger partial charge in [-0.2, -0.15) is 18.3 Å². The number of aliphatic hydroxyl groups is 1. The Bertz CT molecular complexity index is 454. The molecule has 0 aliphatic carbocycles. The molecule has 0 aliphatic heterocycles. The number of hydrogen-bond donors (Lipinski definition) is 2. The van der Waals surface area contributed by atoms with E-state index in [0.29, 0.717) is 11.4 Å². The zero-order chi connectivity index (χ0) is 14.1. The van der Waals surface area contributed by atoms with E-state index in [1.165, 1.54) is 4.68 Å². The number of aromatic nitrogens is 2. The van der Waals surface area contributed by atoms with E-state index in [-0.39, 0.29) is 5.56 Å². The highest BCUT2D eigenvalue weighted by Gasteiger charge is 2.38. The third-order valence-electron chi connectivity index (χ3n) is 2.57. The monoisotopic (exact) mass is 265 g/mol. The molecule has 1 atom stereocenters. The molecule has 0 fully saturated rings. The van der Waals surface area contributed by atoms with Crippen molar-refractivity contribution in [3.63, 3.8) is 0 Å². The normalized spacial score (nSPS) is 13.5. The third kappa shape index (κ3) is 3.00. The number of nitrogens with one attached hydrogen (secondary N) is 1. The Morgan fingerprint density at radius 2 is 2.06 bits per heavy atom. The molecule has 1 aromatic heterocycles. The fourth-order valence-corrected chi connectivity index (χ4v) is 1.50. The highest BCUT2D eigenvalue weighted by molar-refractivity contribution is 5.96. The Labute approximate surface area is 102 Å². The molecule has 0 radical (unpaired) electrons. The van der Waals surface area contributed by atoms with E-state index >= 15 is 0 Å². The average Bonchev–Trinajstić information content (AvgIpc) is 2.48.